The Balaban J connectivity index is 1.83. The molecule has 1 aromatic heterocycles. The van der Waals surface area contributed by atoms with E-state index in [1.54, 1.807) is 12.4 Å². The molecule has 2 aliphatic rings. The lowest BCUT2D eigenvalue weighted by Gasteiger charge is -2.42. The standard InChI is InChI=1S/C17H25F2N3O3/c1-2-22-9-8-20-14(22)13(12-4-10-25-11-5-12)21-15(23)17(18,19)16(24)6-3-7-16/h8-9,12-13,24H,2-7,10-11H2,1H3,(H,21,23). The topological polar surface area (TPSA) is 76.4 Å². The maximum atomic E-state index is 14.5. The van der Waals surface area contributed by atoms with E-state index in [-0.39, 0.29) is 18.8 Å². The van der Waals surface area contributed by atoms with Crippen LogP contribution >= 0.6 is 0 Å². The molecule has 1 amide bonds. The first-order valence-corrected chi connectivity index (χ1v) is 8.89. The molecule has 1 aliphatic carbocycles. The summed E-state index contributed by atoms with van der Waals surface area (Å²) in [5.41, 5.74) is -2.22. The number of carbonyl (C=O) groups excluding carboxylic acids is 1. The van der Waals surface area contributed by atoms with Crippen LogP contribution in [0.5, 0.6) is 0 Å². The first-order valence-electron chi connectivity index (χ1n) is 8.89. The van der Waals surface area contributed by atoms with Crippen LogP contribution < -0.4 is 5.32 Å². The number of aryl methyl sites for hydroxylation is 1. The van der Waals surface area contributed by atoms with Crippen LogP contribution in [0.2, 0.25) is 0 Å². The van der Waals surface area contributed by atoms with Gasteiger partial charge in [0.05, 0.1) is 6.04 Å². The number of halogens is 2. The number of imidazole rings is 1. The van der Waals surface area contributed by atoms with Gasteiger partial charge in [-0.3, -0.25) is 4.79 Å². The van der Waals surface area contributed by atoms with Gasteiger partial charge < -0.3 is 19.7 Å². The molecule has 25 heavy (non-hydrogen) atoms. The first kappa shape index (κ1) is 18.3. The van der Waals surface area contributed by atoms with Crippen LogP contribution in [0, 0.1) is 5.92 Å². The number of hydrogen-bond donors (Lipinski definition) is 2. The summed E-state index contributed by atoms with van der Waals surface area (Å²) >= 11 is 0. The largest absolute Gasteiger partial charge is 0.383 e. The van der Waals surface area contributed by atoms with Gasteiger partial charge in [-0.05, 0) is 44.9 Å². The Morgan fingerprint density at radius 3 is 2.76 bits per heavy atom. The van der Waals surface area contributed by atoms with Gasteiger partial charge in [-0.1, -0.05) is 0 Å². The maximum Gasteiger partial charge on any atom is 0.352 e. The van der Waals surface area contributed by atoms with Crippen molar-refractivity contribution in [2.75, 3.05) is 13.2 Å². The van der Waals surface area contributed by atoms with Crippen LogP contribution in [-0.2, 0) is 16.1 Å². The second kappa shape index (κ2) is 6.99. The first-order chi connectivity index (χ1) is 11.9. The Morgan fingerprint density at radius 2 is 2.20 bits per heavy atom. The molecule has 1 saturated carbocycles. The van der Waals surface area contributed by atoms with Gasteiger partial charge >= 0.3 is 5.92 Å². The Hall–Kier alpha value is -1.54. The molecule has 0 radical (unpaired) electrons. The summed E-state index contributed by atoms with van der Waals surface area (Å²) in [5, 5.41) is 12.5. The number of aromatic nitrogens is 2. The monoisotopic (exact) mass is 357 g/mol. The summed E-state index contributed by atoms with van der Waals surface area (Å²) in [5.74, 6) is -4.69. The third kappa shape index (κ3) is 3.29. The van der Waals surface area contributed by atoms with E-state index in [4.69, 9.17) is 4.74 Å². The van der Waals surface area contributed by atoms with Crippen molar-refractivity contribution in [1.82, 2.24) is 14.9 Å². The van der Waals surface area contributed by atoms with Crippen LogP contribution in [0.1, 0.15) is 50.9 Å². The Kier molecular flexibility index (Phi) is 5.11. The summed E-state index contributed by atoms with van der Waals surface area (Å²) in [6.45, 7) is 3.62. The minimum atomic E-state index is -3.81. The van der Waals surface area contributed by atoms with Crippen LogP contribution in [0.3, 0.4) is 0 Å². The molecule has 1 aliphatic heterocycles. The van der Waals surface area contributed by atoms with Crippen molar-refractivity contribution in [3.8, 4) is 0 Å². The Labute approximate surface area is 145 Å². The molecule has 8 heteroatoms. The normalized spacial score (nSPS) is 22.2. The van der Waals surface area contributed by atoms with Crippen molar-refractivity contribution in [1.29, 1.82) is 0 Å². The number of rotatable bonds is 6. The molecule has 0 bridgehead atoms. The molecule has 140 valence electrons. The van der Waals surface area contributed by atoms with E-state index in [1.165, 1.54) is 0 Å². The van der Waals surface area contributed by atoms with Crippen molar-refractivity contribution in [2.24, 2.45) is 5.92 Å². The lowest BCUT2D eigenvalue weighted by molar-refractivity contribution is -0.216. The number of ether oxygens (including phenoxy) is 1. The number of aliphatic hydroxyl groups is 1. The second-order valence-corrected chi connectivity index (χ2v) is 6.93. The van der Waals surface area contributed by atoms with Crippen LogP contribution in [0.15, 0.2) is 12.4 Å². The second-order valence-electron chi connectivity index (χ2n) is 6.93. The lowest BCUT2D eigenvalue weighted by atomic mass is 9.75. The van der Waals surface area contributed by atoms with E-state index >= 15 is 0 Å². The number of amides is 1. The predicted octanol–water partition coefficient (Wildman–Crippen LogP) is 2.04. The summed E-state index contributed by atoms with van der Waals surface area (Å²) in [6.07, 6.45) is 5.09. The summed E-state index contributed by atoms with van der Waals surface area (Å²) < 4.78 is 36.2. The van der Waals surface area contributed by atoms with E-state index in [2.05, 4.69) is 10.3 Å². The smallest absolute Gasteiger partial charge is 0.352 e. The quantitative estimate of drug-likeness (QED) is 0.817. The van der Waals surface area contributed by atoms with E-state index in [1.807, 2.05) is 11.5 Å². The zero-order valence-corrected chi connectivity index (χ0v) is 14.4. The fourth-order valence-electron chi connectivity index (χ4n) is 3.58. The molecule has 1 atom stereocenters. The van der Waals surface area contributed by atoms with Gasteiger partial charge in [-0.15, -0.1) is 0 Å². The molecule has 2 N–H and O–H groups in total. The molecule has 0 aromatic carbocycles. The highest BCUT2D eigenvalue weighted by Crippen LogP contribution is 2.44. The van der Waals surface area contributed by atoms with Gasteiger partial charge in [0.1, 0.15) is 11.4 Å². The number of carbonyl (C=O) groups is 1. The molecule has 1 saturated heterocycles. The van der Waals surface area contributed by atoms with E-state index < -0.39 is 23.5 Å². The highest BCUT2D eigenvalue weighted by atomic mass is 19.3. The van der Waals surface area contributed by atoms with Gasteiger partial charge in [0.25, 0.3) is 5.91 Å². The summed E-state index contributed by atoms with van der Waals surface area (Å²) in [4.78, 5) is 16.7. The minimum Gasteiger partial charge on any atom is -0.383 e. The van der Waals surface area contributed by atoms with Gasteiger partial charge in [0.15, 0.2) is 0 Å². The van der Waals surface area contributed by atoms with E-state index in [0.29, 0.717) is 44.8 Å². The predicted molar refractivity (Wildman–Crippen MR) is 86.1 cm³/mol. The highest BCUT2D eigenvalue weighted by Gasteiger charge is 2.61. The third-order valence-electron chi connectivity index (χ3n) is 5.44. The molecular formula is C17H25F2N3O3. The minimum absolute atomic E-state index is 0.0303. The molecular weight excluding hydrogens is 332 g/mol. The van der Waals surface area contributed by atoms with Gasteiger partial charge in [-0.25, -0.2) is 4.98 Å². The number of nitrogens with one attached hydrogen (secondary N) is 1. The van der Waals surface area contributed by atoms with Crippen molar-refractivity contribution in [3.05, 3.63) is 18.2 Å². The van der Waals surface area contributed by atoms with Crippen molar-refractivity contribution in [2.45, 2.75) is 63.1 Å². The average Bonchev–Trinajstić information content (AvgIpc) is 3.06. The SMILES string of the molecule is CCn1ccnc1C(NC(=O)C(F)(F)C1(O)CCC1)C1CCOCC1. The van der Waals surface area contributed by atoms with Crippen LogP contribution in [-0.4, -0.2) is 45.3 Å². The molecule has 3 rings (SSSR count). The summed E-state index contributed by atoms with van der Waals surface area (Å²) in [7, 11) is 0. The molecule has 1 unspecified atom stereocenters. The van der Waals surface area contributed by atoms with E-state index in [0.717, 1.165) is 0 Å². The summed E-state index contributed by atoms with van der Waals surface area (Å²) in [6, 6.07) is -0.624. The number of nitrogens with zero attached hydrogens (tertiary/aromatic N) is 2. The van der Waals surface area contributed by atoms with Gasteiger partial charge in [0, 0.05) is 32.2 Å². The van der Waals surface area contributed by atoms with Crippen molar-refractivity contribution < 1.29 is 23.4 Å². The van der Waals surface area contributed by atoms with E-state index in [9.17, 15) is 18.7 Å². The van der Waals surface area contributed by atoms with Gasteiger partial charge in [-0.2, -0.15) is 8.78 Å². The highest BCUT2D eigenvalue weighted by molar-refractivity contribution is 5.85. The molecule has 2 fully saturated rings. The third-order valence-corrected chi connectivity index (χ3v) is 5.44. The Morgan fingerprint density at radius 1 is 1.52 bits per heavy atom. The van der Waals surface area contributed by atoms with Crippen LogP contribution in [0.25, 0.3) is 0 Å². The number of hydrogen-bond acceptors (Lipinski definition) is 4. The van der Waals surface area contributed by atoms with Crippen LogP contribution in [0.4, 0.5) is 8.78 Å². The Bertz CT molecular complexity index is 610. The molecule has 2 heterocycles. The number of alkyl halides is 2. The maximum absolute atomic E-state index is 14.5. The average molecular weight is 357 g/mol. The fraction of sp³-hybridized carbons (Fsp3) is 0.765. The fourth-order valence-corrected chi connectivity index (χ4v) is 3.58. The molecule has 6 nitrogen and oxygen atoms in total. The van der Waals surface area contributed by atoms with Gasteiger partial charge in [0.2, 0.25) is 0 Å². The zero-order chi connectivity index (χ0) is 18.1. The molecule has 0 spiro atoms. The van der Waals surface area contributed by atoms with Crippen molar-refractivity contribution in [3.63, 3.8) is 0 Å². The van der Waals surface area contributed by atoms with Crippen molar-refractivity contribution >= 4 is 5.91 Å². The molecule has 1 aromatic rings. The lowest BCUT2D eigenvalue weighted by Crippen LogP contribution is -2.61. The zero-order valence-electron chi connectivity index (χ0n) is 14.4.